The van der Waals surface area contributed by atoms with Gasteiger partial charge in [0.1, 0.15) is 11.5 Å². The Morgan fingerprint density at radius 2 is 2.07 bits per heavy atom. The molecule has 0 aliphatic carbocycles. The molecule has 0 saturated carbocycles. The largest absolute Gasteiger partial charge is 0.508 e. The molecular formula is C10H14O5. The smallest absolute Gasteiger partial charge is 0.339 e. The average molecular weight is 214 g/mol. The summed E-state index contributed by atoms with van der Waals surface area (Å²) in [6.45, 7) is 1.56. The van der Waals surface area contributed by atoms with Gasteiger partial charge >= 0.3 is 5.63 Å². The molecule has 0 aliphatic rings. The molecule has 0 spiro atoms. The summed E-state index contributed by atoms with van der Waals surface area (Å²) in [5.41, 5.74) is -0.658. The molecule has 0 fully saturated rings. The molecule has 1 aromatic heterocycles. The first-order chi connectivity index (χ1) is 6.97. The van der Waals surface area contributed by atoms with Gasteiger partial charge in [-0.3, -0.25) is 0 Å². The van der Waals surface area contributed by atoms with E-state index in [2.05, 4.69) is 0 Å². The highest BCUT2D eigenvalue weighted by Gasteiger charge is 2.11. The fourth-order valence-corrected chi connectivity index (χ4v) is 1.33. The van der Waals surface area contributed by atoms with E-state index >= 15 is 0 Å². The van der Waals surface area contributed by atoms with Gasteiger partial charge in [0.15, 0.2) is 0 Å². The van der Waals surface area contributed by atoms with E-state index in [9.17, 15) is 9.90 Å². The fraction of sp³-hybridized carbons (Fsp3) is 0.500. The Morgan fingerprint density at radius 1 is 1.40 bits per heavy atom. The maximum atomic E-state index is 10.9. The molecule has 0 radical (unpaired) electrons. The van der Waals surface area contributed by atoms with Crippen LogP contribution in [0.4, 0.5) is 0 Å². The van der Waals surface area contributed by atoms with Gasteiger partial charge in [-0.1, -0.05) is 0 Å². The van der Waals surface area contributed by atoms with Crippen molar-refractivity contribution >= 4 is 0 Å². The molecule has 15 heavy (non-hydrogen) atoms. The number of rotatable bonds is 4. The van der Waals surface area contributed by atoms with Crippen molar-refractivity contribution in [3.8, 4) is 5.75 Å². The third-order valence-corrected chi connectivity index (χ3v) is 1.86. The van der Waals surface area contributed by atoms with E-state index in [0.29, 0.717) is 0 Å². The fourth-order valence-electron chi connectivity index (χ4n) is 1.33. The predicted molar refractivity (Wildman–Crippen MR) is 52.7 cm³/mol. The summed E-state index contributed by atoms with van der Waals surface area (Å²) in [4.78, 5) is 10.9. The summed E-state index contributed by atoms with van der Waals surface area (Å²) in [5, 5.41) is 27.6. The zero-order chi connectivity index (χ0) is 11.4. The Hall–Kier alpha value is -1.33. The van der Waals surface area contributed by atoms with Gasteiger partial charge < -0.3 is 19.7 Å². The van der Waals surface area contributed by atoms with E-state index in [1.807, 2.05) is 0 Å². The van der Waals surface area contributed by atoms with Crippen molar-refractivity contribution in [3.63, 3.8) is 0 Å². The second-order valence-corrected chi connectivity index (χ2v) is 3.54. The average Bonchev–Trinajstić information content (AvgIpc) is 1.98. The lowest BCUT2D eigenvalue weighted by Gasteiger charge is -2.11. The summed E-state index contributed by atoms with van der Waals surface area (Å²) in [6.07, 6.45) is -1.13. The summed E-state index contributed by atoms with van der Waals surface area (Å²) in [6, 6.07) is 2.22. The van der Waals surface area contributed by atoms with Crippen molar-refractivity contribution in [2.24, 2.45) is 0 Å². The lowest BCUT2D eigenvalue weighted by molar-refractivity contribution is 0.0870. The van der Waals surface area contributed by atoms with Crippen molar-refractivity contribution in [3.05, 3.63) is 28.3 Å². The van der Waals surface area contributed by atoms with E-state index in [1.165, 1.54) is 6.07 Å². The van der Waals surface area contributed by atoms with E-state index in [1.54, 1.807) is 6.92 Å². The first kappa shape index (κ1) is 11.7. The van der Waals surface area contributed by atoms with Crippen LogP contribution in [-0.4, -0.2) is 27.5 Å². The summed E-state index contributed by atoms with van der Waals surface area (Å²) in [5.74, 6) is 0.0126. The van der Waals surface area contributed by atoms with Gasteiger partial charge in [0, 0.05) is 12.5 Å². The number of hydrogen-bond acceptors (Lipinski definition) is 5. The molecule has 5 heteroatoms. The molecule has 0 aromatic carbocycles. The Kier molecular flexibility index (Phi) is 3.88. The first-order valence-corrected chi connectivity index (χ1v) is 4.66. The third kappa shape index (κ3) is 4.14. The Labute approximate surface area is 86.6 Å². The van der Waals surface area contributed by atoms with Crippen LogP contribution in [-0.2, 0) is 6.42 Å². The lowest BCUT2D eigenvalue weighted by atomic mass is 10.1. The SMILES string of the molecule is CC(O)CC(O)Cc1cc(O)cc(=O)o1. The zero-order valence-corrected chi connectivity index (χ0v) is 8.38. The van der Waals surface area contributed by atoms with E-state index < -0.39 is 17.8 Å². The number of aromatic hydroxyl groups is 1. The van der Waals surface area contributed by atoms with Gasteiger partial charge in [0.05, 0.1) is 18.3 Å². The van der Waals surface area contributed by atoms with Gasteiger partial charge in [0.2, 0.25) is 0 Å². The van der Waals surface area contributed by atoms with Crippen LogP contribution < -0.4 is 5.63 Å². The van der Waals surface area contributed by atoms with Crippen LogP contribution in [0.25, 0.3) is 0 Å². The third-order valence-electron chi connectivity index (χ3n) is 1.86. The standard InChI is InChI=1S/C10H14O5/c1-6(11)2-7(12)3-9-4-8(13)5-10(14)15-9/h4-7,11-13H,2-3H2,1H3. The summed E-state index contributed by atoms with van der Waals surface area (Å²) >= 11 is 0. The molecule has 0 amide bonds. The molecule has 1 rings (SSSR count). The second-order valence-electron chi connectivity index (χ2n) is 3.54. The monoisotopic (exact) mass is 214 g/mol. The highest BCUT2D eigenvalue weighted by atomic mass is 16.4. The Balaban J connectivity index is 2.68. The second kappa shape index (κ2) is 4.95. The molecule has 0 saturated heterocycles. The van der Waals surface area contributed by atoms with Gasteiger partial charge in [0.25, 0.3) is 0 Å². The highest BCUT2D eigenvalue weighted by Crippen LogP contribution is 2.11. The van der Waals surface area contributed by atoms with Crippen LogP contribution in [0, 0.1) is 0 Å². The van der Waals surface area contributed by atoms with Gasteiger partial charge in [-0.2, -0.15) is 0 Å². The van der Waals surface area contributed by atoms with E-state index in [4.69, 9.17) is 14.6 Å². The molecule has 84 valence electrons. The highest BCUT2D eigenvalue weighted by molar-refractivity contribution is 5.18. The maximum absolute atomic E-state index is 10.9. The molecule has 0 bridgehead atoms. The van der Waals surface area contributed by atoms with Crippen LogP contribution in [0.15, 0.2) is 21.3 Å². The van der Waals surface area contributed by atoms with Crippen LogP contribution in [0.3, 0.4) is 0 Å². The molecule has 1 aromatic rings. The Bertz CT molecular complexity index is 368. The maximum Gasteiger partial charge on any atom is 0.339 e. The Morgan fingerprint density at radius 3 is 2.60 bits per heavy atom. The lowest BCUT2D eigenvalue weighted by Crippen LogP contribution is -2.18. The van der Waals surface area contributed by atoms with Crippen molar-refractivity contribution in [1.82, 2.24) is 0 Å². The van der Waals surface area contributed by atoms with Gasteiger partial charge in [-0.25, -0.2) is 4.79 Å². The zero-order valence-electron chi connectivity index (χ0n) is 8.38. The van der Waals surface area contributed by atoms with Crippen LogP contribution in [0.1, 0.15) is 19.1 Å². The van der Waals surface area contributed by atoms with Crippen molar-refractivity contribution in [2.75, 3.05) is 0 Å². The van der Waals surface area contributed by atoms with Crippen LogP contribution in [0.5, 0.6) is 5.75 Å². The molecule has 0 aliphatic heterocycles. The van der Waals surface area contributed by atoms with Gasteiger partial charge in [-0.15, -0.1) is 0 Å². The quantitative estimate of drug-likeness (QED) is 0.657. The molecule has 2 unspecified atom stereocenters. The minimum absolute atomic E-state index is 0.0918. The minimum Gasteiger partial charge on any atom is -0.508 e. The molecule has 5 nitrogen and oxygen atoms in total. The van der Waals surface area contributed by atoms with Gasteiger partial charge in [-0.05, 0) is 13.3 Å². The first-order valence-electron chi connectivity index (χ1n) is 4.66. The molecule has 2 atom stereocenters. The number of aliphatic hydroxyl groups is 2. The number of aliphatic hydroxyl groups excluding tert-OH is 2. The van der Waals surface area contributed by atoms with E-state index in [-0.39, 0.29) is 24.4 Å². The van der Waals surface area contributed by atoms with Crippen molar-refractivity contribution in [2.45, 2.75) is 32.0 Å². The van der Waals surface area contributed by atoms with Crippen molar-refractivity contribution < 1.29 is 19.7 Å². The minimum atomic E-state index is -0.796. The van der Waals surface area contributed by atoms with Crippen molar-refractivity contribution in [1.29, 1.82) is 0 Å². The molecule has 1 heterocycles. The van der Waals surface area contributed by atoms with E-state index in [0.717, 1.165) is 6.07 Å². The normalized spacial score (nSPS) is 14.9. The summed E-state index contributed by atoms with van der Waals surface area (Å²) < 4.78 is 4.75. The summed E-state index contributed by atoms with van der Waals surface area (Å²) in [7, 11) is 0. The van der Waals surface area contributed by atoms with Crippen LogP contribution >= 0.6 is 0 Å². The topological polar surface area (TPSA) is 90.9 Å². The molecule has 3 N–H and O–H groups in total. The molecular weight excluding hydrogens is 200 g/mol. The number of hydrogen-bond donors (Lipinski definition) is 3. The predicted octanol–water partition coefficient (Wildman–Crippen LogP) is 0.0197. The van der Waals surface area contributed by atoms with Crippen LogP contribution in [0.2, 0.25) is 0 Å².